The Kier molecular flexibility index (Phi) is 5.42. The van der Waals surface area contributed by atoms with Crippen LogP contribution >= 0.6 is 0 Å². The highest BCUT2D eigenvalue weighted by atomic mass is 16.6. The van der Waals surface area contributed by atoms with Crippen molar-refractivity contribution in [3.63, 3.8) is 0 Å². The van der Waals surface area contributed by atoms with Crippen molar-refractivity contribution < 1.29 is 9.72 Å². The number of nitrogens with zero attached hydrogens (tertiary/aromatic N) is 5. The first kappa shape index (κ1) is 19.3. The summed E-state index contributed by atoms with van der Waals surface area (Å²) in [6.45, 7) is 5.15. The van der Waals surface area contributed by atoms with E-state index in [1.807, 2.05) is 17.9 Å². The van der Waals surface area contributed by atoms with E-state index >= 15 is 0 Å². The fourth-order valence-electron chi connectivity index (χ4n) is 3.64. The standard InChI is InChI=1S/C21H25N5O3/c1-2-17-14-19(23-20(22-17)15-6-8-18(9-7-15)26(28)29)24-10-3-11-25(13-12-24)21(27)16-4-5-16/h6-9,14,16H,2-5,10-13H2,1H3. The van der Waals surface area contributed by atoms with E-state index in [9.17, 15) is 14.9 Å². The largest absolute Gasteiger partial charge is 0.355 e. The van der Waals surface area contributed by atoms with Gasteiger partial charge in [-0.05, 0) is 37.8 Å². The van der Waals surface area contributed by atoms with Crippen LogP contribution < -0.4 is 4.90 Å². The maximum atomic E-state index is 12.4. The van der Waals surface area contributed by atoms with E-state index in [0.29, 0.717) is 18.3 Å². The summed E-state index contributed by atoms with van der Waals surface area (Å²) in [5.74, 6) is 1.98. The van der Waals surface area contributed by atoms with Crippen LogP contribution in [0.1, 0.15) is 31.9 Å². The molecule has 2 heterocycles. The van der Waals surface area contributed by atoms with E-state index in [2.05, 4.69) is 9.88 Å². The quantitative estimate of drug-likeness (QED) is 0.571. The number of benzene rings is 1. The van der Waals surface area contributed by atoms with Crippen LogP contribution in [0.25, 0.3) is 11.4 Å². The number of carbonyl (C=O) groups excluding carboxylic acids is 1. The van der Waals surface area contributed by atoms with Gasteiger partial charge in [0.2, 0.25) is 5.91 Å². The molecule has 2 aliphatic rings. The van der Waals surface area contributed by atoms with Crippen LogP contribution in [-0.2, 0) is 11.2 Å². The van der Waals surface area contributed by atoms with Crippen molar-refractivity contribution in [2.75, 3.05) is 31.1 Å². The molecule has 4 rings (SSSR count). The van der Waals surface area contributed by atoms with Crippen LogP contribution in [0.5, 0.6) is 0 Å². The second-order valence-electron chi connectivity index (χ2n) is 7.64. The molecule has 1 amide bonds. The maximum Gasteiger partial charge on any atom is 0.269 e. The van der Waals surface area contributed by atoms with Gasteiger partial charge in [-0.25, -0.2) is 9.97 Å². The van der Waals surface area contributed by atoms with Gasteiger partial charge in [-0.15, -0.1) is 0 Å². The average molecular weight is 395 g/mol. The van der Waals surface area contributed by atoms with Crippen molar-refractivity contribution in [2.24, 2.45) is 5.92 Å². The van der Waals surface area contributed by atoms with Crippen molar-refractivity contribution in [1.29, 1.82) is 0 Å². The van der Waals surface area contributed by atoms with Gasteiger partial charge in [0.25, 0.3) is 5.69 Å². The molecule has 8 nitrogen and oxygen atoms in total. The SMILES string of the molecule is CCc1cc(N2CCCN(C(=O)C3CC3)CC2)nc(-c2ccc([N+](=O)[O-])cc2)n1. The van der Waals surface area contributed by atoms with E-state index < -0.39 is 4.92 Å². The number of anilines is 1. The molecule has 29 heavy (non-hydrogen) atoms. The minimum atomic E-state index is -0.412. The molecule has 8 heteroatoms. The molecule has 0 bridgehead atoms. The summed E-state index contributed by atoms with van der Waals surface area (Å²) in [6.07, 6.45) is 3.75. The van der Waals surface area contributed by atoms with E-state index in [-0.39, 0.29) is 11.6 Å². The van der Waals surface area contributed by atoms with E-state index in [1.54, 1.807) is 12.1 Å². The molecule has 0 N–H and O–H groups in total. The predicted molar refractivity (Wildman–Crippen MR) is 110 cm³/mol. The van der Waals surface area contributed by atoms with E-state index in [1.165, 1.54) is 12.1 Å². The summed E-state index contributed by atoms with van der Waals surface area (Å²) < 4.78 is 0. The average Bonchev–Trinajstić information content (AvgIpc) is 3.60. The third kappa shape index (κ3) is 4.36. The van der Waals surface area contributed by atoms with Gasteiger partial charge < -0.3 is 9.80 Å². The summed E-state index contributed by atoms with van der Waals surface area (Å²) in [7, 11) is 0. The summed E-state index contributed by atoms with van der Waals surface area (Å²) in [5, 5.41) is 10.9. The number of aryl methyl sites for hydroxylation is 1. The Labute approximate surface area is 169 Å². The van der Waals surface area contributed by atoms with Crippen LogP contribution in [0.3, 0.4) is 0 Å². The second kappa shape index (κ2) is 8.14. The second-order valence-corrected chi connectivity index (χ2v) is 7.64. The minimum Gasteiger partial charge on any atom is -0.355 e. The zero-order valence-electron chi connectivity index (χ0n) is 16.6. The third-order valence-electron chi connectivity index (χ3n) is 5.52. The molecule has 1 aliphatic heterocycles. The summed E-state index contributed by atoms with van der Waals surface area (Å²) in [4.78, 5) is 36.5. The third-order valence-corrected chi connectivity index (χ3v) is 5.52. The highest BCUT2D eigenvalue weighted by Crippen LogP contribution is 2.31. The Bertz CT molecular complexity index is 911. The maximum absolute atomic E-state index is 12.4. The zero-order chi connectivity index (χ0) is 20.4. The molecule has 1 aliphatic carbocycles. The summed E-state index contributed by atoms with van der Waals surface area (Å²) in [5.41, 5.74) is 1.74. The molecule has 1 aromatic heterocycles. The molecule has 1 saturated carbocycles. The van der Waals surface area contributed by atoms with Gasteiger partial charge in [0, 0.05) is 61.6 Å². The Balaban J connectivity index is 1.56. The lowest BCUT2D eigenvalue weighted by Gasteiger charge is -2.23. The van der Waals surface area contributed by atoms with E-state index in [4.69, 9.17) is 4.98 Å². The van der Waals surface area contributed by atoms with Gasteiger partial charge in [0.1, 0.15) is 5.82 Å². The van der Waals surface area contributed by atoms with Gasteiger partial charge in [-0.1, -0.05) is 6.92 Å². The monoisotopic (exact) mass is 395 g/mol. The van der Waals surface area contributed by atoms with Crippen LogP contribution in [-0.4, -0.2) is 51.9 Å². The number of amides is 1. The fourth-order valence-corrected chi connectivity index (χ4v) is 3.64. The van der Waals surface area contributed by atoms with Gasteiger partial charge in [-0.2, -0.15) is 0 Å². The Hall–Kier alpha value is -3.03. The van der Waals surface area contributed by atoms with Gasteiger partial charge in [0.15, 0.2) is 5.82 Å². The first-order valence-electron chi connectivity index (χ1n) is 10.2. The number of carbonyl (C=O) groups is 1. The predicted octanol–water partition coefficient (Wildman–Crippen LogP) is 3.06. The van der Waals surface area contributed by atoms with Crippen molar-refractivity contribution in [3.05, 3.63) is 46.1 Å². The highest BCUT2D eigenvalue weighted by molar-refractivity contribution is 5.81. The molecular formula is C21H25N5O3. The van der Waals surface area contributed by atoms with Crippen LogP contribution in [0, 0.1) is 16.0 Å². The smallest absolute Gasteiger partial charge is 0.269 e. The Morgan fingerprint density at radius 1 is 1.14 bits per heavy atom. The Morgan fingerprint density at radius 3 is 2.55 bits per heavy atom. The molecule has 152 valence electrons. The Morgan fingerprint density at radius 2 is 1.90 bits per heavy atom. The number of non-ortho nitro benzene ring substituents is 1. The van der Waals surface area contributed by atoms with Gasteiger partial charge in [0.05, 0.1) is 4.92 Å². The van der Waals surface area contributed by atoms with Gasteiger partial charge >= 0.3 is 0 Å². The first-order valence-corrected chi connectivity index (χ1v) is 10.2. The first-order chi connectivity index (χ1) is 14.0. The highest BCUT2D eigenvalue weighted by Gasteiger charge is 2.34. The van der Waals surface area contributed by atoms with Gasteiger partial charge in [-0.3, -0.25) is 14.9 Å². The molecule has 0 atom stereocenters. The molecule has 2 aromatic rings. The number of aromatic nitrogens is 2. The summed E-state index contributed by atoms with van der Waals surface area (Å²) in [6, 6.07) is 8.34. The summed E-state index contributed by atoms with van der Waals surface area (Å²) >= 11 is 0. The normalized spacial score (nSPS) is 17.1. The van der Waals surface area contributed by atoms with Crippen LogP contribution in [0.15, 0.2) is 30.3 Å². The van der Waals surface area contributed by atoms with Crippen molar-refractivity contribution in [2.45, 2.75) is 32.6 Å². The fraction of sp³-hybridized carbons (Fsp3) is 0.476. The molecule has 1 aromatic carbocycles. The molecule has 0 unspecified atom stereocenters. The van der Waals surface area contributed by atoms with Crippen molar-refractivity contribution >= 4 is 17.4 Å². The van der Waals surface area contributed by atoms with Crippen molar-refractivity contribution in [1.82, 2.24) is 14.9 Å². The number of nitro groups is 1. The molecule has 1 saturated heterocycles. The van der Waals surface area contributed by atoms with Crippen molar-refractivity contribution in [3.8, 4) is 11.4 Å². The number of hydrogen-bond donors (Lipinski definition) is 0. The zero-order valence-corrected chi connectivity index (χ0v) is 16.6. The molecule has 0 radical (unpaired) electrons. The molecule has 0 spiro atoms. The lowest BCUT2D eigenvalue weighted by Crippen LogP contribution is -2.36. The minimum absolute atomic E-state index is 0.0496. The number of hydrogen-bond acceptors (Lipinski definition) is 6. The van der Waals surface area contributed by atoms with E-state index in [0.717, 1.165) is 62.4 Å². The lowest BCUT2D eigenvalue weighted by molar-refractivity contribution is -0.384. The van der Waals surface area contributed by atoms with Crippen LogP contribution in [0.4, 0.5) is 11.5 Å². The van der Waals surface area contributed by atoms with Crippen LogP contribution in [0.2, 0.25) is 0 Å². The number of rotatable bonds is 5. The molecular weight excluding hydrogens is 370 g/mol. The number of nitro benzene ring substituents is 1. The lowest BCUT2D eigenvalue weighted by atomic mass is 10.2. The molecule has 2 fully saturated rings. The topological polar surface area (TPSA) is 92.5 Å².